The average molecular weight is 296 g/mol. The minimum Gasteiger partial charge on any atom is -0.383 e. The molecule has 2 aromatic heterocycles. The molecule has 0 radical (unpaired) electrons. The summed E-state index contributed by atoms with van der Waals surface area (Å²) in [6, 6.07) is 0. The molecule has 0 aliphatic carbocycles. The number of hydrogen-bond acceptors (Lipinski definition) is 4. The second-order valence-corrected chi connectivity index (χ2v) is 5.57. The first kappa shape index (κ1) is 12.0. The van der Waals surface area contributed by atoms with E-state index < -0.39 is 0 Å². The Hall–Kier alpha value is -1.43. The van der Waals surface area contributed by atoms with Crippen molar-refractivity contribution in [2.24, 2.45) is 0 Å². The zero-order chi connectivity index (χ0) is 12.6. The van der Waals surface area contributed by atoms with Crippen LogP contribution in [0.1, 0.15) is 26.5 Å². The molecule has 0 bridgehead atoms. The molecular formula is C11H14BrN5. The zero-order valence-electron chi connectivity index (χ0n) is 9.98. The Morgan fingerprint density at radius 3 is 2.47 bits per heavy atom. The fraction of sp³-hybridized carbons (Fsp3) is 0.364. The van der Waals surface area contributed by atoms with E-state index in [1.807, 2.05) is 0 Å². The van der Waals surface area contributed by atoms with E-state index in [-0.39, 0.29) is 5.41 Å². The third kappa shape index (κ3) is 2.17. The van der Waals surface area contributed by atoms with E-state index in [0.717, 1.165) is 10.2 Å². The molecule has 0 fully saturated rings. The lowest BCUT2D eigenvalue weighted by atomic mass is 9.92. The Bertz CT molecular complexity index is 527. The molecule has 0 atom stereocenters. The van der Waals surface area contributed by atoms with Gasteiger partial charge in [-0.3, -0.25) is 4.98 Å². The molecule has 0 saturated carbocycles. The summed E-state index contributed by atoms with van der Waals surface area (Å²) >= 11 is 3.48. The van der Waals surface area contributed by atoms with Crippen LogP contribution in [0.2, 0.25) is 0 Å². The topological polar surface area (TPSA) is 69.6 Å². The van der Waals surface area contributed by atoms with Crippen molar-refractivity contribution >= 4 is 21.7 Å². The number of anilines is 1. The highest BCUT2D eigenvalue weighted by atomic mass is 79.9. The maximum absolute atomic E-state index is 6.02. The molecule has 0 spiro atoms. The first-order valence-electron chi connectivity index (χ1n) is 5.22. The maximum atomic E-state index is 6.02. The molecule has 2 heterocycles. The van der Waals surface area contributed by atoms with Crippen LogP contribution in [0.3, 0.4) is 0 Å². The second-order valence-electron chi connectivity index (χ2n) is 4.77. The first-order valence-corrected chi connectivity index (χ1v) is 6.01. The van der Waals surface area contributed by atoms with Crippen LogP contribution in [0.5, 0.6) is 0 Å². The Balaban J connectivity index is 2.59. The van der Waals surface area contributed by atoms with E-state index in [4.69, 9.17) is 5.73 Å². The number of rotatable bonds is 1. The largest absolute Gasteiger partial charge is 0.383 e. The highest BCUT2D eigenvalue weighted by molar-refractivity contribution is 9.10. The van der Waals surface area contributed by atoms with Gasteiger partial charge in [0.2, 0.25) is 0 Å². The van der Waals surface area contributed by atoms with Gasteiger partial charge in [0.05, 0.1) is 16.4 Å². The molecule has 0 unspecified atom stereocenters. The number of aromatic nitrogens is 4. The average Bonchev–Trinajstić information content (AvgIpc) is 2.57. The number of nitrogens with two attached hydrogens (primary N) is 1. The molecule has 17 heavy (non-hydrogen) atoms. The van der Waals surface area contributed by atoms with Gasteiger partial charge in [-0.15, -0.1) is 0 Å². The Labute approximate surface area is 108 Å². The van der Waals surface area contributed by atoms with E-state index in [2.05, 4.69) is 51.8 Å². The minimum atomic E-state index is -0.0829. The van der Waals surface area contributed by atoms with Gasteiger partial charge in [0, 0.05) is 17.8 Å². The molecule has 0 amide bonds. The summed E-state index contributed by atoms with van der Waals surface area (Å²) in [4.78, 5) is 8.19. The SMILES string of the molecule is CC(C)(C)c1nn(-c2cnccn2)c(N)c1Br. The van der Waals surface area contributed by atoms with E-state index in [9.17, 15) is 0 Å². The van der Waals surface area contributed by atoms with Crippen LogP contribution < -0.4 is 5.73 Å². The number of halogens is 1. The maximum Gasteiger partial charge on any atom is 0.174 e. The molecule has 0 aliphatic heterocycles. The summed E-state index contributed by atoms with van der Waals surface area (Å²) in [5.74, 6) is 1.15. The van der Waals surface area contributed by atoms with Crippen LogP contribution in [0.4, 0.5) is 5.82 Å². The van der Waals surface area contributed by atoms with E-state index in [0.29, 0.717) is 11.6 Å². The van der Waals surface area contributed by atoms with Crippen molar-refractivity contribution in [1.82, 2.24) is 19.7 Å². The molecule has 90 valence electrons. The lowest BCUT2D eigenvalue weighted by molar-refractivity contribution is 0.557. The van der Waals surface area contributed by atoms with Gasteiger partial charge in [-0.05, 0) is 15.9 Å². The van der Waals surface area contributed by atoms with Crippen LogP contribution in [0.25, 0.3) is 5.82 Å². The van der Waals surface area contributed by atoms with Crippen LogP contribution >= 0.6 is 15.9 Å². The third-order valence-corrected chi connectivity index (χ3v) is 3.12. The molecule has 0 aliphatic rings. The summed E-state index contributed by atoms with van der Waals surface area (Å²) in [5, 5.41) is 4.49. The predicted octanol–water partition coefficient (Wildman–Crippen LogP) is 2.30. The standard InChI is InChI=1S/C11H14BrN5/c1-11(2,3)9-8(12)10(13)17(16-9)7-6-14-4-5-15-7/h4-6H,13H2,1-3H3. The molecule has 6 heteroatoms. The van der Waals surface area contributed by atoms with E-state index in [1.54, 1.807) is 23.3 Å². The third-order valence-electron chi connectivity index (χ3n) is 2.34. The molecule has 0 aromatic carbocycles. The Kier molecular flexibility index (Phi) is 2.91. The van der Waals surface area contributed by atoms with Gasteiger partial charge in [0.15, 0.2) is 5.82 Å². The van der Waals surface area contributed by atoms with Crippen LogP contribution in [0, 0.1) is 0 Å². The van der Waals surface area contributed by atoms with Crippen molar-refractivity contribution in [3.05, 3.63) is 28.8 Å². The highest BCUT2D eigenvalue weighted by Gasteiger charge is 2.25. The summed E-state index contributed by atoms with van der Waals surface area (Å²) < 4.78 is 2.41. The van der Waals surface area contributed by atoms with Crippen molar-refractivity contribution in [2.45, 2.75) is 26.2 Å². The van der Waals surface area contributed by atoms with Crippen molar-refractivity contribution < 1.29 is 0 Å². The molecular weight excluding hydrogens is 282 g/mol. The smallest absolute Gasteiger partial charge is 0.174 e. The number of nitrogens with zero attached hydrogens (tertiary/aromatic N) is 4. The Morgan fingerprint density at radius 1 is 1.29 bits per heavy atom. The van der Waals surface area contributed by atoms with Crippen LogP contribution in [0.15, 0.2) is 23.1 Å². The molecule has 0 saturated heterocycles. The van der Waals surface area contributed by atoms with Gasteiger partial charge in [-0.1, -0.05) is 20.8 Å². The lowest BCUT2D eigenvalue weighted by Gasteiger charge is -2.15. The number of nitrogen functional groups attached to an aromatic ring is 1. The van der Waals surface area contributed by atoms with Gasteiger partial charge in [0.1, 0.15) is 5.82 Å². The lowest BCUT2D eigenvalue weighted by Crippen LogP contribution is -2.13. The predicted molar refractivity (Wildman–Crippen MR) is 70.0 cm³/mol. The Morgan fingerprint density at radius 2 is 2.00 bits per heavy atom. The van der Waals surface area contributed by atoms with Gasteiger partial charge in [-0.25, -0.2) is 4.98 Å². The normalized spacial score (nSPS) is 11.8. The summed E-state index contributed by atoms with van der Waals surface area (Å²) in [7, 11) is 0. The summed E-state index contributed by atoms with van der Waals surface area (Å²) in [5.41, 5.74) is 6.84. The van der Waals surface area contributed by atoms with Crippen molar-refractivity contribution in [3.63, 3.8) is 0 Å². The number of hydrogen-bond donors (Lipinski definition) is 1. The molecule has 2 rings (SSSR count). The summed E-state index contributed by atoms with van der Waals surface area (Å²) in [6.45, 7) is 6.25. The zero-order valence-corrected chi connectivity index (χ0v) is 11.6. The van der Waals surface area contributed by atoms with E-state index in [1.165, 1.54) is 0 Å². The van der Waals surface area contributed by atoms with Gasteiger partial charge >= 0.3 is 0 Å². The first-order chi connectivity index (χ1) is 7.91. The van der Waals surface area contributed by atoms with Crippen molar-refractivity contribution in [2.75, 3.05) is 5.73 Å². The fourth-order valence-corrected chi connectivity index (χ4v) is 2.31. The molecule has 2 aromatic rings. The highest BCUT2D eigenvalue weighted by Crippen LogP contribution is 2.33. The van der Waals surface area contributed by atoms with Gasteiger partial charge in [0.25, 0.3) is 0 Å². The van der Waals surface area contributed by atoms with Crippen molar-refractivity contribution in [3.8, 4) is 5.82 Å². The monoisotopic (exact) mass is 295 g/mol. The summed E-state index contributed by atoms with van der Waals surface area (Å²) in [6.07, 6.45) is 4.85. The quantitative estimate of drug-likeness (QED) is 0.876. The second kappa shape index (κ2) is 4.10. The van der Waals surface area contributed by atoms with Gasteiger partial charge in [-0.2, -0.15) is 9.78 Å². The fourth-order valence-electron chi connectivity index (χ4n) is 1.47. The van der Waals surface area contributed by atoms with Crippen molar-refractivity contribution in [1.29, 1.82) is 0 Å². The van der Waals surface area contributed by atoms with Gasteiger partial charge < -0.3 is 5.73 Å². The molecule has 5 nitrogen and oxygen atoms in total. The van der Waals surface area contributed by atoms with E-state index >= 15 is 0 Å². The van der Waals surface area contributed by atoms with Crippen LogP contribution in [-0.2, 0) is 5.41 Å². The minimum absolute atomic E-state index is 0.0829. The molecule has 2 N–H and O–H groups in total. The van der Waals surface area contributed by atoms with Crippen LogP contribution in [-0.4, -0.2) is 19.7 Å².